The van der Waals surface area contributed by atoms with E-state index in [9.17, 15) is 9.59 Å². The molecule has 1 heterocycles. The summed E-state index contributed by atoms with van der Waals surface area (Å²) in [4.78, 5) is 31.8. The Morgan fingerprint density at radius 3 is 2.05 bits per heavy atom. The minimum Gasteiger partial charge on any atom is -0.352 e. The standard InChI is InChI=1S/C15H29N5O2/c1-11(2)14(22)19-6-8-20(9-7-19)15(16-5)17-10-13(21)18-12(3)4/h11-12H,6-10H2,1-5H3,(H,16,17)(H,18,21). The predicted octanol–water partition coefficient (Wildman–Crippen LogP) is -0.113. The Morgan fingerprint density at radius 2 is 1.59 bits per heavy atom. The minimum absolute atomic E-state index is 0.0312. The van der Waals surface area contributed by atoms with E-state index in [-0.39, 0.29) is 30.3 Å². The zero-order valence-corrected chi connectivity index (χ0v) is 14.3. The van der Waals surface area contributed by atoms with Crippen molar-refractivity contribution >= 4 is 17.8 Å². The lowest BCUT2D eigenvalue weighted by Gasteiger charge is -2.37. The van der Waals surface area contributed by atoms with E-state index in [2.05, 4.69) is 20.5 Å². The van der Waals surface area contributed by atoms with Gasteiger partial charge in [-0.15, -0.1) is 0 Å². The molecule has 1 fully saturated rings. The Bertz CT molecular complexity index is 412. The maximum atomic E-state index is 12.0. The molecule has 1 rings (SSSR count). The fourth-order valence-electron chi connectivity index (χ4n) is 2.37. The van der Waals surface area contributed by atoms with Gasteiger partial charge in [-0.25, -0.2) is 0 Å². The van der Waals surface area contributed by atoms with E-state index in [4.69, 9.17) is 0 Å². The van der Waals surface area contributed by atoms with Crippen LogP contribution in [-0.4, -0.2) is 73.4 Å². The summed E-state index contributed by atoms with van der Waals surface area (Å²) in [5.41, 5.74) is 0. The summed E-state index contributed by atoms with van der Waals surface area (Å²) in [7, 11) is 1.70. The van der Waals surface area contributed by atoms with Crippen molar-refractivity contribution in [2.75, 3.05) is 39.8 Å². The molecule has 0 aromatic rings. The molecular formula is C15H29N5O2. The van der Waals surface area contributed by atoms with Crippen LogP contribution in [0.5, 0.6) is 0 Å². The Morgan fingerprint density at radius 1 is 1.05 bits per heavy atom. The minimum atomic E-state index is -0.0511. The van der Waals surface area contributed by atoms with Crippen LogP contribution in [0.1, 0.15) is 27.7 Å². The van der Waals surface area contributed by atoms with Gasteiger partial charge in [0, 0.05) is 45.2 Å². The van der Waals surface area contributed by atoms with Gasteiger partial charge in [-0.1, -0.05) is 13.8 Å². The van der Waals surface area contributed by atoms with E-state index < -0.39 is 0 Å². The van der Waals surface area contributed by atoms with Crippen molar-refractivity contribution in [1.29, 1.82) is 0 Å². The van der Waals surface area contributed by atoms with Gasteiger partial charge in [0.05, 0.1) is 6.54 Å². The number of guanidine groups is 1. The third-order valence-electron chi connectivity index (χ3n) is 3.45. The van der Waals surface area contributed by atoms with Gasteiger partial charge in [-0.3, -0.25) is 14.6 Å². The van der Waals surface area contributed by atoms with Crippen LogP contribution in [0.4, 0.5) is 0 Å². The van der Waals surface area contributed by atoms with Crippen molar-refractivity contribution in [1.82, 2.24) is 20.4 Å². The Hall–Kier alpha value is -1.79. The Labute approximate surface area is 133 Å². The number of nitrogens with zero attached hydrogens (tertiary/aromatic N) is 3. The number of piperazine rings is 1. The number of carbonyl (C=O) groups excluding carboxylic acids is 2. The van der Waals surface area contributed by atoms with Gasteiger partial charge in [-0.05, 0) is 13.8 Å². The van der Waals surface area contributed by atoms with Crippen molar-refractivity contribution < 1.29 is 9.59 Å². The number of amides is 2. The van der Waals surface area contributed by atoms with Crippen molar-refractivity contribution in [2.24, 2.45) is 10.9 Å². The zero-order valence-electron chi connectivity index (χ0n) is 14.3. The molecule has 22 heavy (non-hydrogen) atoms. The van der Waals surface area contributed by atoms with Crippen molar-refractivity contribution in [2.45, 2.75) is 33.7 Å². The molecule has 0 unspecified atom stereocenters. The summed E-state index contributed by atoms with van der Waals surface area (Å²) in [6, 6.07) is 0.127. The molecule has 0 saturated carbocycles. The first kappa shape index (κ1) is 18.3. The van der Waals surface area contributed by atoms with E-state index >= 15 is 0 Å². The van der Waals surface area contributed by atoms with Gasteiger partial charge in [0.1, 0.15) is 0 Å². The average Bonchev–Trinajstić information content (AvgIpc) is 2.47. The third-order valence-corrected chi connectivity index (χ3v) is 3.45. The fraction of sp³-hybridized carbons (Fsp3) is 0.800. The highest BCUT2D eigenvalue weighted by atomic mass is 16.2. The Balaban J connectivity index is 2.44. The van der Waals surface area contributed by atoms with E-state index in [1.165, 1.54) is 0 Å². The monoisotopic (exact) mass is 311 g/mol. The molecular weight excluding hydrogens is 282 g/mol. The third kappa shape index (κ3) is 5.54. The number of carbonyl (C=O) groups is 2. The molecule has 126 valence electrons. The van der Waals surface area contributed by atoms with Gasteiger partial charge in [0.2, 0.25) is 11.8 Å². The second-order valence-electron chi connectivity index (χ2n) is 6.09. The van der Waals surface area contributed by atoms with Crippen molar-refractivity contribution in [3.63, 3.8) is 0 Å². The number of nitrogens with one attached hydrogen (secondary N) is 2. The quantitative estimate of drug-likeness (QED) is 0.561. The maximum absolute atomic E-state index is 12.0. The lowest BCUT2D eigenvalue weighted by atomic mass is 10.1. The molecule has 1 aliphatic heterocycles. The predicted molar refractivity (Wildman–Crippen MR) is 87.6 cm³/mol. The van der Waals surface area contributed by atoms with Crippen LogP contribution in [-0.2, 0) is 9.59 Å². The fourth-order valence-corrected chi connectivity index (χ4v) is 2.37. The first-order valence-corrected chi connectivity index (χ1v) is 7.89. The summed E-state index contributed by atoms with van der Waals surface area (Å²) in [5.74, 6) is 0.878. The molecule has 1 aliphatic rings. The molecule has 0 aromatic heterocycles. The summed E-state index contributed by atoms with van der Waals surface area (Å²) < 4.78 is 0. The van der Waals surface area contributed by atoms with Crippen LogP contribution in [0, 0.1) is 5.92 Å². The largest absolute Gasteiger partial charge is 0.352 e. The van der Waals surface area contributed by atoms with Gasteiger partial charge >= 0.3 is 0 Å². The first-order chi connectivity index (χ1) is 10.3. The van der Waals surface area contributed by atoms with Gasteiger partial charge < -0.3 is 20.4 Å². The van der Waals surface area contributed by atoms with Crippen LogP contribution in [0.15, 0.2) is 4.99 Å². The highest BCUT2D eigenvalue weighted by Crippen LogP contribution is 2.07. The topological polar surface area (TPSA) is 77.0 Å². The van der Waals surface area contributed by atoms with Gasteiger partial charge in [0.25, 0.3) is 0 Å². The SMILES string of the molecule is CN=C(NCC(=O)NC(C)C)N1CCN(C(=O)C(C)C)CC1. The average molecular weight is 311 g/mol. The maximum Gasteiger partial charge on any atom is 0.239 e. The second-order valence-corrected chi connectivity index (χ2v) is 6.09. The molecule has 0 atom stereocenters. The molecule has 0 bridgehead atoms. The number of aliphatic imine (C=N–C) groups is 1. The van der Waals surface area contributed by atoms with Crippen molar-refractivity contribution in [3.8, 4) is 0 Å². The molecule has 1 saturated heterocycles. The smallest absolute Gasteiger partial charge is 0.239 e. The second kappa shape index (κ2) is 8.60. The lowest BCUT2D eigenvalue weighted by molar-refractivity contribution is -0.135. The van der Waals surface area contributed by atoms with Crippen LogP contribution in [0.3, 0.4) is 0 Å². The lowest BCUT2D eigenvalue weighted by Crippen LogP contribution is -2.55. The normalized spacial score (nSPS) is 16.2. The molecule has 7 nitrogen and oxygen atoms in total. The van der Waals surface area contributed by atoms with Gasteiger partial charge in [0.15, 0.2) is 5.96 Å². The first-order valence-electron chi connectivity index (χ1n) is 7.89. The van der Waals surface area contributed by atoms with E-state index in [0.29, 0.717) is 19.0 Å². The van der Waals surface area contributed by atoms with E-state index in [1.54, 1.807) is 7.05 Å². The molecule has 0 radical (unpaired) electrons. The van der Waals surface area contributed by atoms with Gasteiger partial charge in [-0.2, -0.15) is 0 Å². The Kier molecular flexibility index (Phi) is 7.14. The molecule has 2 N–H and O–H groups in total. The summed E-state index contributed by atoms with van der Waals surface area (Å²) in [6.45, 7) is 10.7. The number of rotatable bonds is 4. The molecule has 0 aromatic carbocycles. The molecule has 0 aliphatic carbocycles. The summed E-state index contributed by atoms with van der Waals surface area (Å²) in [5, 5.41) is 5.90. The summed E-state index contributed by atoms with van der Waals surface area (Å²) in [6.07, 6.45) is 0. The molecule has 2 amide bonds. The highest BCUT2D eigenvalue weighted by molar-refractivity contribution is 5.86. The molecule has 7 heteroatoms. The van der Waals surface area contributed by atoms with Crippen LogP contribution in [0.2, 0.25) is 0 Å². The van der Waals surface area contributed by atoms with Crippen LogP contribution >= 0.6 is 0 Å². The molecule has 0 spiro atoms. The van der Waals surface area contributed by atoms with E-state index in [1.807, 2.05) is 32.6 Å². The number of hydrogen-bond acceptors (Lipinski definition) is 3. The highest BCUT2D eigenvalue weighted by Gasteiger charge is 2.24. The van der Waals surface area contributed by atoms with Crippen LogP contribution in [0.25, 0.3) is 0 Å². The van der Waals surface area contributed by atoms with Crippen molar-refractivity contribution in [3.05, 3.63) is 0 Å². The summed E-state index contributed by atoms with van der Waals surface area (Å²) >= 11 is 0. The zero-order chi connectivity index (χ0) is 16.7. The van der Waals surface area contributed by atoms with Crippen LogP contribution < -0.4 is 10.6 Å². The van der Waals surface area contributed by atoms with E-state index in [0.717, 1.165) is 13.1 Å². The number of hydrogen-bond donors (Lipinski definition) is 2.